The lowest BCUT2D eigenvalue weighted by atomic mass is 9.93. The number of aromatic nitrogens is 3. The summed E-state index contributed by atoms with van der Waals surface area (Å²) in [6.45, 7) is 1.19. The average Bonchev–Trinajstić information content (AvgIpc) is 3.44. The molecule has 0 spiro atoms. The number of amides is 2. The van der Waals surface area contributed by atoms with E-state index in [1.54, 1.807) is 9.42 Å². The number of piperazine rings is 1. The molecule has 3 aliphatic rings. The highest BCUT2D eigenvalue weighted by Gasteiger charge is 2.35. The van der Waals surface area contributed by atoms with Gasteiger partial charge in [-0.1, -0.05) is 30.9 Å². The van der Waals surface area contributed by atoms with E-state index in [1.165, 1.54) is 49.2 Å². The van der Waals surface area contributed by atoms with Crippen molar-refractivity contribution in [3.63, 3.8) is 0 Å². The Kier molecular flexibility index (Phi) is 5.37. The van der Waals surface area contributed by atoms with Gasteiger partial charge in [-0.3, -0.25) is 9.59 Å². The van der Waals surface area contributed by atoms with Crippen molar-refractivity contribution in [2.75, 3.05) is 19.6 Å². The second-order valence-corrected chi connectivity index (χ2v) is 10.5. The largest absolute Gasteiger partial charge is 0.336 e. The summed E-state index contributed by atoms with van der Waals surface area (Å²) in [5.41, 5.74) is 4.02. The number of rotatable bonds is 4. The van der Waals surface area contributed by atoms with Crippen LogP contribution in [0.1, 0.15) is 66.9 Å². The van der Waals surface area contributed by atoms with E-state index in [4.69, 9.17) is 11.6 Å². The van der Waals surface area contributed by atoms with Gasteiger partial charge in [-0.15, -0.1) is 0 Å². The zero-order valence-corrected chi connectivity index (χ0v) is 19.9. The van der Waals surface area contributed by atoms with Crippen LogP contribution >= 0.6 is 23.1 Å². The van der Waals surface area contributed by atoms with E-state index >= 15 is 0 Å². The summed E-state index contributed by atoms with van der Waals surface area (Å²) in [5, 5.41) is 6.98. The summed E-state index contributed by atoms with van der Waals surface area (Å²) in [6.07, 6.45) is 9.91. The third kappa shape index (κ3) is 3.83. The minimum absolute atomic E-state index is 0.0300. The Morgan fingerprint density at radius 1 is 1.09 bits per heavy atom. The average molecular weight is 484 g/mol. The van der Waals surface area contributed by atoms with Crippen molar-refractivity contribution in [1.82, 2.24) is 23.8 Å². The number of hydrogen-bond acceptors (Lipinski definition) is 5. The van der Waals surface area contributed by atoms with E-state index in [0.29, 0.717) is 30.1 Å². The second kappa shape index (κ2) is 8.40. The minimum Gasteiger partial charge on any atom is -0.336 e. The van der Waals surface area contributed by atoms with Crippen LogP contribution in [0.4, 0.5) is 0 Å². The van der Waals surface area contributed by atoms with Crippen LogP contribution in [0, 0.1) is 0 Å². The van der Waals surface area contributed by atoms with Gasteiger partial charge in [0.1, 0.15) is 6.54 Å². The summed E-state index contributed by atoms with van der Waals surface area (Å²) in [5.74, 6) is 0.293. The Hall–Kier alpha value is -2.45. The van der Waals surface area contributed by atoms with E-state index in [9.17, 15) is 9.59 Å². The van der Waals surface area contributed by atoms with Crippen molar-refractivity contribution in [2.24, 2.45) is 0 Å². The molecule has 2 saturated carbocycles. The molecule has 9 heteroatoms. The molecule has 3 aromatic heterocycles. The van der Waals surface area contributed by atoms with Crippen molar-refractivity contribution in [1.29, 1.82) is 0 Å². The molecule has 172 valence electrons. The molecule has 0 atom stereocenters. The van der Waals surface area contributed by atoms with Crippen LogP contribution in [0.2, 0.25) is 5.02 Å². The maximum Gasteiger partial charge on any atom is 0.276 e. The Morgan fingerprint density at radius 3 is 2.61 bits per heavy atom. The van der Waals surface area contributed by atoms with Gasteiger partial charge in [-0.2, -0.15) is 5.10 Å². The SMILES string of the molecule is O=C(c1nn2c(-c3cnsc3)cc(C3CC3)cc2c1Cl)N1CCN(C2CCCCC2)C(=O)C1. The van der Waals surface area contributed by atoms with Crippen molar-refractivity contribution >= 4 is 40.5 Å². The van der Waals surface area contributed by atoms with Crippen LogP contribution in [-0.2, 0) is 4.79 Å². The summed E-state index contributed by atoms with van der Waals surface area (Å²) >= 11 is 8.13. The molecule has 0 unspecified atom stereocenters. The summed E-state index contributed by atoms with van der Waals surface area (Å²) in [6, 6.07) is 4.52. The molecule has 33 heavy (non-hydrogen) atoms. The number of carbonyl (C=O) groups excluding carboxylic acids is 2. The maximum atomic E-state index is 13.4. The van der Waals surface area contributed by atoms with Crippen molar-refractivity contribution in [3.05, 3.63) is 40.0 Å². The van der Waals surface area contributed by atoms with E-state index in [1.807, 2.05) is 16.5 Å². The number of carbonyl (C=O) groups is 2. The Morgan fingerprint density at radius 2 is 1.91 bits per heavy atom. The first-order valence-corrected chi connectivity index (χ1v) is 13.0. The zero-order chi connectivity index (χ0) is 22.5. The quantitative estimate of drug-likeness (QED) is 0.543. The molecule has 1 aliphatic heterocycles. The Balaban J connectivity index is 1.30. The molecular formula is C24H26ClN5O2S. The monoisotopic (exact) mass is 483 g/mol. The van der Waals surface area contributed by atoms with E-state index in [-0.39, 0.29) is 24.1 Å². The van der Waals surface area contributed by atoms with Crippen LogP contribution < -0.4 is 0 Å². The molecule has 7 nitrogen and oxygen atoms in total. The van der Waals surface area contributed by atoms with Gasteiger partial charge in [0.2, 0.25) is 5.91 Å². The molecular weight excluding hydrogens is 458 g/mol. The van der Waals surface area contributed by atoms with Gasteiger partial charge >= 0.3 is 0 Å². The minimum atomic E-state index is -0.275. The molecule has 3 fully saturated rings. The third-order valence-electron chi connectivity index (χ3n) is 7.24. The predicted molar refractivity (Wildman–Crippen MR) is 128 cm³/mol. The number of fused-ring (bicyclic) bond motifs is 1. The van der Waals surface area contributed by atoms with Crippen molar-refractivity contribution < 1.29 is 9.59 Å². The number of pyridine rings is 1. The number of halogens is 1. The lowest BCUT2D eigenvalue weighted by molar-refractivity contribution is -0.138. The van der Waals surface area contributed by atoms with Crippen LogP contribution in [0.3, 0.4) is 0 Å². The van der Waals surface area contributed by atoms with Gasteiger partial charge in [0.25, 0.3) is 5.91 Å². The fourth-order valence-corrected chi connectivity index (χ4v) is 6.04. The highest BCUT2D eigenvalue weighted by Crippen LogP contribution is 2.43. The van der Waals surface area contributed by atoms with Crippen LogP contribution in [0.25, 0.3) is 16.8 Å². The van der Waals surface area contributed by atoms with Crippen LogP contribution in [0.15, 0.2) is 23.7 Å². The molecule has 4 heterocycles. The lowest BCUT2D eigenvalue weighted by Crippen LogP contribution is -2.55. The van der Waals surface area contributed by atoms with Crippen molar-refractivity contribution in [3.8, 4) is 11.3 Å². The molecule has 0 bridgehead atoms. The van der Waals surface area contributed by atoms with Crippen LogP contribution in [-0.4, -0.2) is 61.3 Å². The molecule has 1 saturated heterocycles. The topological polar surface area (TPSA) is 70.8 Å². The molecule has 0 radical (unpaired) electrons. The highest BCUT2D eigenvalue weighted by atomic mass is 35.5. The molecule has 2 aliphatic carbocycles. The van der Waals surface area contributed by atoms with Gasteiger partial charge in [-0.05, 0) is 60.8 Å². The van der Waals surface area contributed by atoms with Crippen LogP contribution in [0.5, 0.6) is 0 Å². The fourth-order valence-electron chi connectivity index (χ4n) is 5.25. The molecule has 2 amide bonds. The first kappa shape index (κ1) is 21.1. The molecule has 0 aromatic carbocycles. The summed E-state index contributed by atoms with van der Waals surface area (Å²) < 4.78 is 5.99. The van der Waals surface area contributed by atoms with E-state index < -0.39 is 0 Å². The van der Waals surface area contributed by atoms with E-state index in [2.05, 4.69) is 21.6 Å². The van der Waals surface area contributed by atoms with Gasteiger partial charge in [0, 0.05) is 30.1 Å². The van der Waals surface area contributed by atoms with Gasteiger partial charge in [0.05, 0.1) is 22.4 Å². The maximum absolute atomic E-state index is 13.4. The standard InChI is InChI=1S/C24H26ClN5O2S/c25-22-20-11-16(15-6-7-15)10-19(17-12-26-33-14-17)30(20)27-23(22)24(32)28-8-9-29(21(31)13-28)18-4-2-1-3-5-18/h10-12,14-15,18H,1-9,13H2. The van der Waals surface area contributed by atoms with Crippen molar-refractivity contribution in [2.45, 2.75) is 56.9 Å². The summed E-state index contributed by atoms with van der Waals surface area (Å²) in [7, 11) is 0. The first-order valence-electron chi connectivity index (χ1n) is 11.8. The van der Waals surface area contributed by atoms with Gasteiger partial charge < -0.3 is 9.80 Å². The number of hydrogen-bond donors (Lipinski definition) is 0. The smallest absolute Gasteiger partial charge is 0.276 e. The zero-order valence-electron chi connectivity index (χ0n) is 18.4. The normalized spacial score (nSPS) is 20.1. The number of nitrogens with zero attached hydrogens (tertiary/aromatic N) is 5. The fraction of sp³-hybridized carbons (Fsp3) is 0.500. The Bertz CT molecular complexity index is 1210. The predicted octanol–water partition coefficient (Wildman–Crippen LogP) is 4.61. The molecule has 0 N–H and O–H groups in total. The van der Waals surface area contributed by atoms with Gasteiger partial charge in [-0.25, -0.2) is 8.89 Å². The Labute approximate surface area is 201 Å². The summed E-state index contributed by atoms with van der Waals surface area (Å²) in [4.78, 5) is 29.9. The second-order valence-electron chi connectivity index (χ2n) is 9.43. The van der Waals surface area contributed by atoms with Gasteiger partial charge in [0.15, 0.2) is 5.69 Å². The van der Waals surface area contributed by atoms with E-state index in [0.717, 1.165) is 29.6 Å². The highest BCUT2D eigenvalue weighted by molar-refractivity contribution is 7.03. The lowest BCUT2D eigenvalue weighted by Gasteiger charge is -2.40. The molecule has 6 rings (SSSR count). The first-order chi connectivity index (χ1) is 16.1. The molecule has 3 aromatic rings. The third-order valence-corrected chi connectivity index (χ3v) is 8.19.